The molecule has 2 heterocycles. The van der Waals surface area contributed by atoms with Crippen molar-refractivity contribution in [1.82, 2.24) is 14.2 Å². The van der Waals surface area contributed by atoms with E-state index in [0.29, 0.717) is 12.1 Å². The van der Waals surface area contributed by atoms with Crippen LogP contribution in [0.25, 0.3) is 0 Å². The molecule has 32 heavy (non-hydrogen) atoms. The molecular weight excluding hydrogens is 444 g/mol. The summed E-state index contributed by atoms with van der Waals surface area (Å²) in [5.74, 6) is 0. The van der Waals surface area contributed by atoms with Crippen LogP contribution in [0.5, 0.6) is 0 Å². The summed E-state index contributed by atoms with van der Waals surface area (Å²) in [6.07, 6.45) is 16.8. The zero-order chi connectivity index (χ0) is 23.2. The molecule has 9 heteroatoms. The zero-order valence-corrected chi connectivity index (χ0v) is 21.3. The molecule has 182 valence electrons. The molecule has 1 saturated heterocycles. The van der Waals surface area contributed by atoms with E-state index in [-0.39, 0.29) is 12.5 Å². The van der Waals surface area contributed by atoms with Crippen molar-refractivity contribution >= 4 is 40.9 Å². The SMILES string of the molecule is CC.O=C(Nc1ncc(SN2CCCC2)s1)N(C1CCCCC1)C1CCCCC1.O=CO. The van der Waals surface area contributed by atoms with Crippen LogP contribution in [-0.2, 0) is 4.79 Å². The van der Waals surface area contributed by atoms with Crippen LogP contribution in [0.3, 0.4) is 0 Å². The van der Waals surface area contributed by atoms with Gasteiger partial charge in [0.25, 0.3) is 6.47 Å². The molecule has 3 aliphatic rings. The number of carboxylic acid groups (broad SMARTS) is 1. The number of thiazole rings is 1. The van der Waals surface area contributed by atoms with Crippen LogP contribution in [0.2, 0.25) is 0 Å². The fourth-order valence-corrected chi connectivity index (χ4v) is 6.81. The van der Waals surface area contributed by atoms with Crippen LogP contribution in [0, 0.1) is 0 Å². The minimum atomic E-state index is -0.250. The van der Waals surface area contributed by atoms with E-state index < -0.39 is 0 Å². The number of rotatable bonds is 5. The third-order valence-corrected chi connectivity index (χ3v) is 8.24. The second kappa shape index (κ2) is 15.5. The average Bonchev–Trinajstić information content (AvgIpc) is 3.50. The molecule has 2 saturated carbocycles. The normalized spacial score (nSPS) is 19.8. The molecule has 0 bridgehead atoms. The van der Waals surface area contributed by atoms with Gasteiger partial charge in [0.05, 0.1) is 10.4 Å². The van der Waals surface area contributed by atoms with Crippen LogP contribution in [0.4, 0.5) is 9.93 Å². The number of carbonyl (C=O) groups excluding carboxylic acids is 1. The highest BCUT2D eigenvalue weighted by Crippen LogP contribution is 2.34. The number of urea groups is 1. The molecule has 0 spiro atoms. The summed E-state index contributed by atoms with van der Waals surface area (Å²) in [6, 6.07) is 0.918. The predicted octanol–water partition coefficient (Wildman–Crippen LogP) is 6.47. The van der Waals surface area contributed by atoms with Gasteiger partial charge in [-0.25, -0.2) is 14.1 Å². The van der Waals surface area contributed by atoms with Crippen molar-refractivity contribution in [2.24, 2.45) is 0 Å². The smallest absolute Gasteiger partial charge is 0.324 e. The van der Waals surface area contributed by atoms with E-state index in [0.717, 1.165) is 43.9 Å². The quantitative estimate of drug-likeness (QED) is 0.368. The maximum atomic E-state index is 13.2. The lowest BCUT2D eigenvalue weighted by molar-refractivity contribution is -0.122. The third kappa shape index (κ3) is 8.56. The van der Waals surface area contributed by atoms with E-state index >= 15 is 0 Å². The Balaban J connectivity index is 0.000000671. The van der Waals surface area contributed by atoms with Crippen molar-refractivity contribution in [2.75, 3.05) is 18.4 Å². The number of hydrogen-bond acceptors (Lipinski definition) is 6. The van der Waals surface area contributed by atoms with Crippen molar-refractivity contribution in [3.63, 3.8) is 0 Å². The Morgan fingerprint density at radius 2 is 1.56 bits per heavy atom. The highest BCUT2D eigenvalue weighted by atomic mass is 32.2. The van der Waals surface area contributed by atoms with Crippen LogP contribution in [-0.4, -0.2) is 57.0 Å². The average molecular weight is 485 g/mol. The number of hydrogen-bond donors (Lipinski definition) is 2. The second-order valence-electron chi connectivity index (χ2n) is 8.24. The minimum Gasteiger partial charge on any atom is -0.483 e. The van der Waals surface area contributed by atoms with E-state index in [1.54, 1.807) is 23.3 Å². The number of nitrogens with zero attached hydrogens (tertiary/aromatic N) is 3. The lowest BCUT2D eigenvalue weighted by atomic mass is 9.89. The number of anilines is 1. The largest absolute Gasteiger partial charge is 0.483 e. The van der Waals surface area contributed by atoms with Gasteiger partial charge in [0.15, 0.2) is 5.13 Å². The van der Waals surface area contributed by atoms with Gasteiger partial charge in [0.2, 0.25) is 0 Å². The maximum absolute atomic E-state index is 13.2. The number of carbonyl (C=O) groups is 2. The van der Waals surface area contributed by atoms with Crippen LogP contribution >= 0.6 is 23.3 Å². The van der Waals surface area contributed by atoms with E-state index in [2.05, 4.69) is 19.5 Å². The number of aromatic nitrogens is 1. The van der Waals surface area contributed by atoms with Gasteiger partial charge in [-0.3, -0.25) is 10.1 Å². The van der Waals surface area contributed by atoms with E-state index in [1.165, 1.54) is 55.6 Å². The lowest BCUT2D eigenvalue weighted by Crippen LogP contribution is -2.50. The van der Waals surface area contributed by atoms with E-state index in [1.807, 2.05) is 20.0 Å². The van der Waals surface area contributed by atoms with Gasteiger partial charge in [0, 0.05) is 25.2 Å². The summed E-state index contributed by atoms with van der Waals surface area (Å²) in [6.45, 7) is 6.06. The molecule has 0 unspecified atom stereocenters. The molecule has 3 fully saturated rings. The van der Waals surface area contributed by atoms with Crippen molar-refractivity contribution in [1.29, 1.82) is 0 Å². The molecule has 1 aliphatic heterocycles. The number of amides is 2. The van der Waals surface area contributed by atoms with Crippen molar-refractivity contribution < 1.29 is 14.7 Å². The molecule has 7 nitrogen and oxygen atoms in total. The van der Waals surface area contributed by atoms with Gasteiger partial charge in [-0.05, 0) is 50.5 Å². The molecular formula is C23H40N4O3S2. The molecule has 0 aromatic carbocycles. The molecule has 1 aromatic heterocycles. The first kappa shape index (κ1) is 26.9. The molecule has 0 atom stereocenters. The Morgan fingerprint density at radius 1 is 1.06 bits per heavy atom. The van der Waals surface area contributed by atoms with Crippen LogP contribution in [0.15, 0.2) is 10.4 Å². The van der Waals surface area contributed by atoms with Gasteiger partial charge in [-0.2, -0.15) is 0 Å². The van der Waals surface area contributed by atoms with E-state index in [4.69, 9.17) is 9.90 Å². The topological polar surface area (TPSA) is 85.8 Å². The Kier molecular flexibility index (Phi) is 13.0. The van der Waals surface area contributed by atoms with Crippen LogP contribution < -0.4 is 5.32 Å². The first-order valence-electron chi connectivity index (χ1n) is 12.3. The Hall–Kier alpha value is -1.32. The van der Waals surface area contributed by atoms with Crippen molar-refractivity contribution in [3.05, 3.63) is 6.20 Å². The maximum Gasteiger partial charge on any atom is 0.324 e. The van der Waals surface area contributed by atoms with Gasteiger partial charge >= 0.3 is 6.03 Å². The van der Waals surface area contributed by atoms with Gasteiger partial charge < -0.3 is 10.0 Å². The van der Waals surface area contributed by atoms with Crippen LogP contribution in [0.1, 0.15) is 90.9 Å². The fraction of sp³-hybridized carbons (Fsp3) is 0.783. The monoisotopic (exact) mass is 484 g/mol. The Labute approximate surface area is 201 Å². The summed E-state index contributed by atoms with van der Waals surface area (Å²) in [4.78, 5) is 28.3. The molecule has 2 aliphatic carbocycles. The molecule has 0 radical (unpaired) electrons. The summed E-state index contributed by atoms with van der Waals surface area (Å²) in [5, 5.41) is 10.8. The molecule has 1 aromatic rings. The van der Waals surface area contributed by atoms with Crippen molar-refractivity contribution in [2.45, 2.75) is 107 Å². The van der Waals surface area contributed by atoms with Gasteiger partial charge in [-0.15, -0.1) is 0 Å². The summed E-state index contributed by atoms with van der Waals surface area (Å²) in [7, 11) is 0. The predicted molar refractivity (Wildman–Crippen MR) is 133 cm³/mol. The fourth-order valence-electron chi connectivity index (χ4n) is 4.77. The Morgan fingerprint density at radius 3 is 2.06 bits per heavy atom. The minimum absolute atomic E-state index is 0.0841. The Bertz CT molecular complexity index is 637. The summed E-state index contributed by atoms with van der Waals surface area (Å²) < 4.78 is 3.57. The molecule has 2 amide bonds. The summed E-state index contributed by atoms with van der Waals surface area (Å²) >= 11 is 3.40. The first-order valence-corrected chi connectivity index (χ1v) is 13.9. The summed E-state index contributed by atoms with van der Waals surface area (Å²) in [5.41, 5.74) is 0. The highest BCUT2D eigenvalue weighted by Gasteiger charge is 2.32. The highest BCUT2D eigenvalue weighted by molar-refractivity contribution is 7.99. The first-order chi connectivity index (χ1) is 15.7. The van der Waals surface area contributed by atoms with Crippen molar-refractivity contribution in [3.8, 4) is 0 Å². The lowest BCUT2D eigenvalue weighted by Gasteiger charge is -2.41. The third-order valence-electron chi connectivity index (χ3n) is 6.15. The molecule has 4 rings (SSSR count). The number of nitrogens with one attached hydrogen (secondary N) is 1. The van der Waals surface area contributed by atoms with E-state index in [9.17, 15) is 4.79 Å². The standard InChI is InChI=1S/C20H32N4OS2.C2H6.CH2O2/c25-20(22-19-21-15-18(26-19)27-23-13-7-8-14-23)24(16-9-3-1-4-10-16)17-11-5-2-6-12-17;1-2;2-1-3/h15-17H,1-14H2,(H,21,22,25);1-2H3;1H,(H,2,3). The van der Waals surface area contributed by atoms with Gasteiger partial charge in [0.1, 0.15) is 0 Å². The zero-order valence-electron chi connectivity index (χ0n) is 19.6. The van der Waals surface area contributed by atoms with Gasteiger partial charge in [-0.1, -0.05) is 63.7 Å². The second-order valence-corrected chi connectivity index (χ2v) is 10.7. The molecule has 2 N–H and O–H groups in total.